The molecule has 0 saturated heterocycles. The van der Waals surface area contributed by atoms with Crippen molar-refractivity contribution in [2.75, 3.05) is 0 Å². The Morgan fingerprint density at radius 1 is 0.826 bits per heavy atom. The maximum atomic E-state index is 12.1. The van der Waals surface area contributed by atoms with Crippen molar-refractivity contribution in [3.8, 4) is 0 Å². The van der Waals surface area contributed by atoms with E-state index < -0.39 is 44.6 Å². The first-order valence-corrected chi connectivity index (χ1v) is 11.3. The van der Waals surface area contributed by atoms with Gasteiger partial charge in [0, 0.05) is 0 Å². The number of hydrogen-bond acceptors (Lipinski definition) is 5. The second kappa shape index (κ2) is 6.85. The van der Waals surface area contributed by atoms with E-state index in [4.69, 9.17) is 13.0 Å². The van der Waals surface area contributed by atoms with Crippen LogP contribution in [0.2, 0.25) is 18.1 Å². The number of alkyl halides is 6. The van der Waals surface area contributed by atoms with E-state index in [1.807, 2.05) is 0 Å². The molecule has 0 unspecified atom stereocenters. The molecular weight excluding hydrogens is 398 g/mol. The first-order valence-electron chi connectivity index (χ1n) is 5.51. The fourth-order valence-electron chi connectivity index (χ4n) is 0.447. The summed E-state index contributed by atoms with van der Waals surface area (Å²) in [6.45, 7) is 7.86. The van der Waals surface area contributed by atoms with Crippen LogP contribution in [-0.2, 0) is 24.1 Å². The second-order valence-electron chi connectivity index (χ2n) is 5.66. The van der Waals surface area contributed by atoms with Gasteiger partial charge in [-0.3, -0.25) is 4.55 Å². The zero-order valence-corrected chi connectivity index (χ0v) is 15.2. The highest BCUT2D eigenvalue weighted by Crippen LogP contribution is 2.40. The van der Waals surface area contributed by atoms with E-state index in [1.54, 1.807) is 20.8 Å². The molecule has 0 saturated carbocycles. The molecule has 0 spiro atoms. The minimum absolute atomic E-state index is 0.592. The molecule has 0 aromatic carbocycles. The van der Waals surface area contributed by atoms with Crippen LogP contribution >= 0.6 is 0 Å². The summed E-state index contributed by atoms with van der Waals surface area (Å²) >= 11 is 0. The van der Waals surface area contributed by atoms with E-state index in [1.165, 1.54) is 13.1 Å². The molecule has 0 heterocycles. The lowest BCUT2D eigenvalue weighted by Crippen LogP contribution is -2.45. The molecule has 0 rings (SSSR count). The molecule has 1 N–H and O–H groups in total. The molecule has 15 heteroatoms. The molecule has 0 radical (unpaired) electrons. The summed E-state index contributed by atoms with van der Waals surface area (Å²) in [6.07, 6.45) is 0. The molecule has 0 amide bonds. The van der Waals surface area contributed by atoms with Gasteiger partial charge in [-0.2, -0.15) is 43.2 Å². The Hall–Kier alpha value is -0.383. The topological polar surface area (TPSA) is 97.7 Å². The molecule has 6 nitrogen and oxygen atoms in total. The maximum absolute atomic E-state index is 12.1. The lowest BCUT2D eigenvalue weighted by molar-refractivity contribution is -0.0512. The monoisotopic (exact) mass is 414 g/mol. The number of halogens is 6. The summed E-state index contributed by atoms with van der Waals surface area (Å²) in [5.74, 6) is 0. The Bertz CT molecular complexity index is 598. The van der Waals surface area contributed by atoms with E-state index in [-0.39, 0.29) is 0 Å². The van der Waals surface area contributed by atoms with Crippen molar-refractivity contribution >= 4 is 28.6 Å². The molecule has 0 aromatic rings. The van der Waals surface area contributed by atoms with E-state index in [0.29, 0.717) is 0 Å². The van der Waals surface area contributed by atoms with Gasteiger partial charge in [-0.1, -0.05) is 20.8 Å². The summed E-state index contributed by atoms with van der Waals surface area (Å²) in [4.78, 5) is 0. The van der Waals surface area contributed by atoms with Crippen LogP contribution in [0, 0.1) is 0 Å². The van der Waals surface area contributed by atoms with Crippen LogP contribution in [0.1, 0.15) is 20.8 Å². The molecule has 142 valence electrons. The van der Waals surface area contributed by atoms with Crippen molar-refractivity contribution in [3.63, 3.8) is 0 Å². The van der Waals surface area contributed by atoms with Crippen LogP contribution in [0.25, 0.3) is 0 Å². The molecule has 23 heavy (non-hydrogen) atoms. The van der Waals surface area contributed by atoms with Gasteiger partial charge in [0.05, 0.1) is 0 Å². The summed E-state index contributed by atoms with van der Waals surface area (Å²) < 4.78 is 120. The lowest BCUT2D eigenvalue weighted by atomic mass is 10.2. The van der Waals surface area contributed by atoms with Gasteiger partial charge in [0.1, 0.15) is 0 Å². The van der Waals surface area contributed by atoms with E-state index in [2.05, 4.69) is 3.87 Å². The van der Waals surface area contributed by atoms with Crippen molar-refractivity contribution in [1.82, 2.24) is 0 Å². The zero-order valence-electron chi connectivity index (χ0n) is 12.6. The summed E-state index contributed by atoms with van der Waals surface area (Å²) in [5, 5.41) is -0.592. The Kier molecular flexibility index (Phi) is 7.41. The van der Waals surface area contributed by atoms with Gasteiger partial charge in [-0.25, -0.2) is 0 Å². The maximum Gasteiger partial charge on any atom is 0.522 e. The molecule has 0 aromatic heterocycles. The van der Waals surface area contributed by atoms with Crippen LogP contribution < -0.4 is 0 Å². The second-order valence-corrected chi connectivity index (χ2v) is 13.6. The normalized spacial score (nSPS) is 15.0. The summed E-state index contributed by atoms with van der Waals surface area (Å²) in [6, 6.07) is 0. The van der Waals surface area contributed by atoms with E-state index in [0.717, 1.165) is 0 Å². The summed E-state index contributed by atoms with van der Waals surface area (Å²) in [7, 11) is -14.3. The van der Waals surface area contributed by atoms with Crippen molar-refractivity contribution in [3.05, 3.63) is 0 Å². The highest BCUT2D eigenvalue weighted by molar-refractivity contribution is 7.88. The van der Waals surface area contributed by atoms with Crippen molar-refractivity contribution in [2.45, 2.75) is 49.9 Å². The molecule has 0 aliphatic heterocycles. The molecule has 0 bridgehead atoms. The van der Waals surface area contributed by atoms with Crippen LogP contribution in [-0.4, -0.2) is 40.7 Å². The SMILES string of the molecule is CC(C)(C)[Si](C)(C)OS(=O)(=O)C(F)(F)F.O=S(=O)(O)C(F)(F)F. The van der Waals surface area contributed by atoms with Crippen LogP contribution in [0.5, 0.6) is 0 Å². The van der Waals surface area contributed by atoms with Gasteiger partial charge in [0.2, 0.25) is 8.32 Å². The molecule has 0 fully saturated rings. The predicted molar refractivity (Wildman–Crippen MR) is 70.9 cm³/mol. The van der Waals surface area contributed by atoms with Crippen molar-refractivity contribution in [2.24, 2.45) is 0 Å². The third-order valence-electron chi connectivity index (χ3n) is 2.70. The van der Waals surface area contributed by atoms with Crippen LogP contribution in [0.3, 0.4) is 0 Å². The van der Waals surface area contributed by atoms with E-state index in [9.17, 15) is 34.8 Å². The van der Waals surface area contributed by atoms with Gasteiger partial charge >= 0.3 is 31.3 Å². The Balaban J connectivity index is 0. The number of hydrogen-bond donors (Lipinski definition) is 1. The minimum atomic E-state index is -5.84. The largest absolute Gasteiger partial charge is 0.522 e. The molecule has 0 aliphatic rings. The van der Waals surface area contributed by atoms with Crippen LogP contribution in [0.4, 0.5) is 26.3 Å². The molecule has 0 aliphatic carbocycles. The quantitative estimate of drug-likeness (QED) is 0.322. The smallest absolute Gasteiger partial charge is 0.308 e. The third kappa shape index (κ3) is 7.82. The zero-order chi connectivity index (χ0) is 19.7. The van der Waals surface area contributed by atoms with Crippen molar-refractivity contribution < 1.29 is 51.6 Å². The van der Waals surface area contributed by atoms with Crippen LogP contribution in [0.15, 0.2) is 0 Å². The highest BCUT2D eigenvalue weighted by Gasteiger charge is 2.53. The first kappa shape index (κ1) is 24.9. The fourth-order valence-corrected chi connectivity index (χ4v) is 4.02. The average Bonchev–Trinajstić information content (AvgIpc) is 2.08. The predicted octanol–water partition coefficient (Wildman–Crippen LogP) is 3.25. The molecular formula is C8H16F6O6S2Si. The average molecular weight is 414 g/mol. The van der Waals surface area contributed by atoms with E-state index >= 15 is 0 Å². The van der Waals surface area contributed by atoms with Gasteiger partial charge in [0.25, 0.3) is 0 Å². The van der Waals surface area contributed by atoms with Gasteiger partial charge in [0.15, 0.2) is 0 Å². The summed E-state index contributed by atoms with van der Waals surface area (Å²) in [5.41, 5.74) is -10.9. The standard InChI is InChI=1S/C7H15F3O3SSi.CHF3O3S/c1-6(2,3)15(4,5)13-14(11,12)7(8,9)10;2-1(3,4)8(5,6)7/h1-5H3;(H,5,6,7). The minimum Gasteiger partial charge on any atom is -0.308 e. The first-order chi connectivity index (χ1) is 9.46. The van der Waals surface area contributed by atoms with Gasteiger partial charge in [-0.15, -0.1) is 0 Å². The van der Waals surface area contributed by atoms with Gasteiger partial charge < -0.3 is 3.87 Å². The Labute approximate surface area is 130 Å². The van der Waals surface area contributed by atoms with Gasteiger partial charge in [-0.05, 0) is 18.1 Å². The van der Waals surface area contributed by atoms with Crippen molar-refractivity contribution in [1.29, 1.82) is 0 Å². The Morgan fingerprint density at radius 3 is 1.22 bits per heavy atom. The number of rotatable bonds is 2. The lowest BCUT2D eigenvalue weighted by Gasteiger charge is -2.35. The third-order valence-corrected chi connectivity index (χ3v) is 10.0. The fraction of sp³-hybridized carbons (Fsp3) is 1.00. The highest BCUT2D eigenvalue weighted by atomic mass is 32.2. The molecule has 0 atom stereocenters. The Morgan fingerprint density at radius 2 is 1.09 bits per heavy atom.